The van der Waals surface area contributed by atoms with Crippen LogP contribution >= 0.6 is 0 Å². The lowest BCUT2D eigenvalue weighted by atomic mass is 10.1. The molecule has 0 radical (unpaired) electrons. The predicted octanol–water partition coefficient (Wildman–Crippen LogP) is 2.64. The molecule has 0 saturated heterocycles. The zero-order valence-electron chi connectivity index (χ0n) is 13.9. The van der Waals surface area contributed by atoms with Gasteiger partial charge in [-0.2, -0.15) is 18.3 Å². The van der Waals surface area contributed by atoms with Crippen molar-refractivity contribution in [2.75, 3.05) is 0 Å². The third-order valence-corrected chi connectivity index (χ3v) is 4.24. The van der Waals surface area contributed by atoms with Gasteiger partial charge in [0, 0.05) is 11.3 Å². The number of alkyl halides is 3. The molecule has 10 heteroatoms. The SMILES string of the molecule is O=C(NC(CC(F)(F)F)C(=O)O)c1nn(-c2cccc(F)c2)c2c1CCC2. The number of hydrogen-bond acceptors (Lipinski definition) is 3. The maximum Gasteiger partial charge on any atom is 0.391 e. The molecule has 1 atom stereocenters. The maximum atomic E-state index is 13.5. The second-order valence-corrected chi connectivity index (χ2v) is 6.20. The number of halogens is 4. The highest BCUT2D eigenvalue weighted by Crippen LogP contribution is 2.28. The molecule has 2 aromatic rings. The molecule has 1 aliphatic carbocycles. The summed E-state index contributed by atoms with van der Waals surface area (Å²) >= 11 is 0. The van der Waals surface area contributed by atoms with Gasteiger partial charge in [-0.05, 0) is 37.5 Å². The predicted molar refractivity (Wildman–Crippen MR) is 85.1 cm³/mol. The minimum absolute atomic E-state index is 0.139. The zero-order valence-corrected chi connectivity index (χ0v) is 13.9. The van der Waals surface area contributed by atoms with Crippen LogP contribution in [0, 0.1) is 5.82 Å². The average molecular weight is 385 g/mol. The molecule has 1 aromatic heterocycles. The van der Waals surface area contributed by atoms with Crippen LogP contribution in [0.2, 0.25) is 0 Å². The summed E-state index contributed by atoms with van der Waals surface area (Å²) in [7, 11) is 0. The Kier molecular flexibility index (Phi) is 4.90. The quantitative estimate of drug-likeness (QED) is 0.775. The van der Waals surface area contributed by atoms with E-state index in [0.29, 0.717) is 36.2 Å². The van der Waals surface area contributed by atoms with Crippen LogP contribution in [0.5, 0.6) is 0 Å². The number of nitrogens with one attached hydrogen (secondary N) is 1. The Morgan fingerprint density at radius 2 is 2.04 bits per heavy atom. The van der Waals surface area contributed by atoms with Crippen molar-refractivity contribution in [1.82, 2.24) is 15.1 Å². The van der Waals surface area contributed by atoms with E-state index in [2.05, 4.69) is 5.10 Å². The number of amides is 1. The summed E-state index contributed by atoms with van der Waals surface area (Å²) in [5.74, 6) is -3.29. The summed E-state index contributed by atoms with van der Waals surface area (Å²) in [5, 5.41) is 15.0. The number of carbonyl (C=O) groups excluding carboxylic acids is 1. The van der Waals surface area contributed by atoms with E-state index >= 15 is 0 Å². The fourth-order valence-corrected chi connectivity index (χ4v) is 3.10. The van der Waals surface area contributed by atoms with Gasteiger partial charge in [-0.1, -0.05) is 6.07 Å². The molecule has 144 valence electrons. The summed E-state index contributed by atoms with van der Waals surface area (Å²) in [6.07, 6.45) is -4.70. The summed E-state index contributed by atoms with van der Waals surface area (Å²) in [6.45, 7) is 0. The standard InChI is InChI=1S/C17H15F4N3O3/c18-9-3-1-4-10(7-9)24-13-6-2-5-11(13)14(23-24)15(25)22-12(16(26)27)8-17(19,20)21/h1,3-4,7,12H,2,5-6,8H2,(H,22,25)(H,26,27). The van der Waals surface area contributed by atoms with Crippen LogP contribution in [0.25, 0.3) is 5.69 Å². The molecule has 2 N–H and O–H groups in total. The molecule has 0 saturated carbocycles. The van der Waals surface area contributed by atoms with Crippen LogP contribution in [0.15, 0.2) is 24.3 Å². The molecule has 1 amide bonds. The van der Waals surface area contributed by atoms with Crippen molar-refractivity contribution in [3.05, 3.63) is 47.0 Å². The molecule has 0 aliphatic heterocycles. The molecular weight excluding hydrogens is 370 g/mol. The lowest BCUT2D eigenvalue weighted by Crippen LogP contribution is -2.44. The first kappa shape index (κ1) is 18.9. The smallest absolute Gasteiger partial charge is 0.391 e. The Balaban J connectivity index is 1.92. The minimum atomic E-state index is -4.75. The average Bonchev–Trinajstić information content (AvgIpc) is 3.14. The number of rotatable bonds is 5. The first-order valence-corrected chi connectivity index (χ1v) is 8.13. The number of nitrogens with zero attached hydrogens (tertiary/aromatic N) is 2. The van der Waals surface area contributed by atoms with Gasteiger partial charge in [0.2, 0.25) is 0 Å². The van der Waals surface area contributed by atoms with Crippen molar-refractivity contribution < 1.29 is 32.3 Å². The van der Waals surface area contributed by atoms with Crippen LogP contribution in [-0.4, -0.2) is 39.0 Å². The lowest BCUT2D eigenvalue weighted by Gasteiger charge is -2.15. The summed E-state index contributed by atoms with van der Waals surface area (Å²) < 4.78 is 52.5. The number of fused-ring (bicyclic) bond motifs is 1. The van der Waals surface area contributed by atoms with Crippen molar-refractivity contribution in [1.29, 1.82) is 0 Å². The van der Waals surface area contributed by atoms with E-state index in [9.17, 15) is 27.2 Å². The molecule has 6 nitrogen and oxygen atoms in total. The van der Waals surface area contributed by atoms with Gasteiger partial charge in [0.15, 0.2) is 5.69 Å². The van der Waals surface area contributed by atoms with Crippen LogP contribution < -0.4 is 5.32 Å². The second kappa shape index (κ2) is 7.01. The Morgan fingerprint density at radius 3 is 2.67 bits per heavy atom. The van der Waals surface area contributed by atoms with Crippen LogP contribution in [0.3, 0.4) is 0 Å². The number of aliphatic carboxylic acids is 1. The fraction of sp³-hybridized carbons (Fsp3) is 0.353. The highest BCUT2D eigenvalue weighted by Gasteiger charge is 2.37. The van der Waals surface area contributed by atoms with Crippen molar-refractivity contribution >= 4 is 11.9 Å². The molecule has 1 aliphatic rings. The van der Waals surface area contributed by atoms with E-state index in [1.165, 1.54) is 22.9 Å². The van der Waals surface area contributed by atoms with E-state index in [1.807, 2.05) is 5.32 Å². The molecule has 0 fully saturated rings. The Bertz CT molecular complexity index is 892. The van der Waals surface area contributed by atoms with Gasteiger partial charge in [-0.15, -0.1) is 0 Å². The van der Waals surface area contributed by atoms with Crippen molar-refractivity contribution in [3.8, 4) is 5.69 Å². The second-order valence-electron chi connectivity index (χ2n) is 6.20. The number of carboxylic acid groups (broad SMARTS) is 1. The van der Waals surface area contributed by atoms with E-state index < -0.39 is 36.3 Å². The van der Waals surface area contributed by atoms with E-state index in [4.69, 9.17) is 5.11 Å². The van der Waals surface area contributed by atoms with Crippen molar-refractivity contribution in [2.45, 2.75) is 37.9 Å². The Morgan fingerprint density at radius 1 is 1.30 bits per heavy atom. The van der Waals surface area contributed by atoms with Gasteiger partial charge >= 0.3 is 12.1 Å². The minimum Gasteiger partial charge on any atom is -0.480 e. The monoisotopic (exact) mass is 385 g/mol. The number of hydrogen-bond donors (Lipinski definition) is 2. The third-order valence-electron chi connectivity index (χ3n) is 4.24. The molecule has 3 rings (SSSR count). The normalized spacial score (nSPS) is 14.7. The number of carbonyl (C=O) groups is 2. The van der Waals surface area contributed by atoms with E-state index in [-0.39, 0.29) is 5.69 Å². The highest BCUT2D eigenvalue weighted by molar-refractivity contribution is 5.96. The molecule has 1 aromatic carbocycles. The topological polar surface area (TPSA) is 84.2 Å². The zero-order chi connectivity index (χ0) is 19.8. The first-order valence-electron chi connectivity index (χ1n) is 8.13. The van der Waals surface area contributed by atoms with Crippen LogP contribution in [-0.2, 0) is 17.6 Å². The molecule has 1 unspecified atom stereocenters. The van der Waals surface area contributed by atoms with E-state index in [0.717, 1.165) is 0 Å². The molecule has 1 heterocycles. The molecular formula is C17H15F4N3O3. The molecule has 0 bridgehead atoms. The van der Waals surface area contributed by atoms with Gasteiger partial charge in [-0.25, -0.2) is 13.9 Å². The summed E-state index contributed by atoms with van der Waals surface area (Å²) in [5.41, 5.74) is 1.43. The molecule has 27 heavy (non-hydrogen) atoms. The Labute approximate surface area is 150 Å². The highest BCUT2D eigenvalue weighted by atomic mass is 19.4. The lowest BCUT2D eigenvalue weighted by molar-refractivity contribution is -0.157. The van der Waals surface area contributed by atoms with Gasteiger partial charge in [0.1, 0.15) is 11.9 Å². The van der Waals surface area contributed by atoms with Crippen LogP contribution in [0.4, 0.5) is 17.6 Å². The van der Waals surface area contributed by atoms with Gasteiger partial charge in [-0.3, -0.25) is 4.79 Å². The largest absolute Gasteiger partial charge is 0.480 e. The third kappa shape index (κ3) is 4.09. The van der Waals surface area contributed by atoms with Gasteiger partial charge in [0.05, 0.1) is 12.1 Å². The number of aromatic nitrogens is 2. The summed E-state index contributed by atoms with van der Waals surface area (Å²) in [4.78, 5) is 23.5. The molecule has 0 spiro atoms. The van der Waals surface area contributed by atoms with Crippen LogP contribution in [0.1, 0.15) is 34.6 Å². The number of carboxylic acids is 1. The summed E-state index contributed by atoms with van der Waals surface area (Å²) in [6, 6.07) is 3.40. The van der Waals surface area contributed by atoms with Crippen molar-refractivity contribution in [2.24, 2.45) is 0 Å². The van der Waals surface area contributed by atoms with Crippen molar-refractivity contribution in [3.63, 3.8) is 0 Å². The number of benzene rings is 1. The first-order chi connectivity index (χ1) is 12.7. The maximum absolute atomic E-state index is 13.5. The fourth-order valence-electron chi connectivity index (χ4n) is 3.10. The Hall–Kier alpha value is -2.91. The van der Waals surface area contributed by atoms with Gasteiger partial charge < -0.3 is 10.4 Å². The van der Waals surface area contributed by atoms with Gasteiger partial charge in [0.25, 0.3) is 5.91 Å². The van der Waals surface area contributed by atoms with E-state index in [1.54, 1.807) is 6.07 Å².